The van der Waals surface area contributed by atoms with Crippen LogP contribution < -0.4 is 5.73 Å². The number of halogens is 1. The summed E-state index contributed by atoms with van der Waals surface area (Å²) in [6.45, 7) is 3.25. The number of hydrogen-bond donors (Lipinski definition) is 1. The predicted octanol–water partition coefficient (Wildman–Crippen LogP) is 2.51. The fourth-order valence-corrected chi connectivity index (χ4v) is 4.29. The number of nitrogens with zero attached hydrogens (tertiary/aromatic N) is 1. The molecule has 0 saturated carbocycles. The minimum Gasteiger partial charge on any atom is -0.379 e. The largest absolute Gasteiger partial charge is 0.379 e. The number of nitrogens with two attached hydrogens (primary N) is 1. The summed E-state index contributed by atoms with van der Waals surface area (Å²) in [5.74, 6) is 0.0316. The molecule has 0 radical (unpaired) electrons. The molecule has 2 aliphatic heterocycles. The number of ether oxygens (including phenoxy) is 1. The molecule has 1 aromatic rings. The Hall–Kier alpha value is -1.07. The average molecular weight is 280 g/mol. The van der Waals surface area contributed by atoms with Crippen LogP contribution in [-0.4, -0.2) is 23.6 Å². The minimum atomic E-state index is -0.654. The van der Waals surface area contributed by atoms with E-state index in [-0.39, 0.29) is 11.7 Å². The summed E-state index contributed by atoms with van der Waals surface area (Å²) in [6.07, 6.45) is 0.888. The van der Waals surface area contributed by atoms with Gasteiger partial charge in [0.25, 0.3) is 0 Å². The van der Waals surface area contributed by atoms with Crippen LogP contribution in [0.25, 0.3) is 0 Å². The number of rotatable bonds is 1. The Kier molecular flexibility index (Phi) is 3.27. The van der Waals surface area contributed by atoms with Gasteiger partial charge in [0.15, 0.2) is 5.17 Å². The van der Waals surface area contributed by atoms with Gasteiger partial charge in [-0.2, -0.15) is 0 Å². The van der Waals surface area contributed by atoms with E-state index < -0.39 is 5.54 Å². The lowest BCUT2D eigenvalue weighted by molar-refractivity contribution is -0.00420. The fourth-order valence-electron chi connectivity index (χ4n) is 3.17. The van der Waals surface area contributed by atoms with Crippen LogP contribution >= 0.6 is 11.8 Å². The van der Waals surface area contributed by atoms with E-state index in [0.29, 0.717) is 29.2 Å². The molecule has 0 bridgehead atoms. The highest BCUT2D eigenvalue weighted by atomic mass is 32.2. The first kappa shape index (κ1) is 12.9. The maximum absolute atomic E-state index is 14.2. The van der Waals surface area contributed by atoms with E-state index in [1.807, 2.05) is 6.07 Å². The molecule has 0 aromatic heterocycles. The van der Waals surface area contributed by atoms with Crippen LogP contribution in [0.3, 0.4) is 0 Å². The van der Waals surface area contributed by atoms with E-state index in [1.54, 1.807) is 23.9 Å². The van der Waals surface area contributed by atoms with E-state index in [9.17, 15) is 4.39 Å². The van der Waals surface area contributed by atoms with Crippen LogP contribution in [-0.2, 0) is 10.3 Å². The van der Waals surface area contributed by atoms with Gasteiger partial charge in [-0.25, -0.2) is 9.38 Å². The van der Waals surface area contributed by atoms with Crippen molar-refractivity contribution in [1.29, 1.82) is 0 Å². The van der Waals surface area contributed by atoms with Crippen molar-refractivity contribution in [2.45, 2.75) is 24.1 Å². The van der Waals surface area contributed by atoms with Crippen molar-refractivity contribution in [2.24, 2.45) is 16.6 Å². The van der Waals surface area contributed by atoms with Crippen LogP contribution in [0, 0.1) is 11.7 Å². The molecular weight excluding hydrogens is 263 g/mol. The second-order valence-corrected chi connectivity index (χ2v) is 6.52. The molecule has 19 heavy (non-hydrogen) atoms. The summed E-state index contributed by atoms with van der Waals surface area (Å²) in [6, 6.07) is 6.82. The van der Waals surface area contributed by atoms with E-state index in [2.05, 4.69) is 11.9 Å². The molecule has 5 heteroatoms. The summed E-state index contributed by atoms with van der Waals surface area (Å²) < 4.78 is 19.8. The molecule has 2 N–H and O–H groups in total. The summed E-state index contributed by atoms with van der Waals surface area (Å²) in [5.41, 5.74) is 5.89. The summed E-state index contributed by atoms with van der Waals surface area (Å²) in [7, 11) is 0. The predicted molar refractivity (Wildman–Crippen MR) is 75.7 cm³/mol. The zero-order chi connectivity index (χ0) is 13.5. The summed E-state index contributed by atoms with van der Waals surface area (Å²) >= 11 is 1.58. The zero-order valence-electron chi connectivity index (χ0n) is 10.8. The Balaban J connectivity index is 2.16. The molecule has 3 atom stereocenters. The first-order valence-electron chi connectivity index (χ1n) is 6.48. The molecule has 2 heterocycles. The Labute approximate surface area is 116 Å². The highest BCUT2D eigenvalue weighted by Crippen LogP contribution is 2.48. The van der Waals surface area contributed by atoms with Gasteiger partial charge in [0.2, 0.25) is 0 Å². The standard InChI is InChI=1S/C14H17FN2OS/c1-9-10-6-7-18-8-14(10,17-13(16)19-9)11-4-2-3-5-12(11)15/h2-5,9-10H,6-8H2,1H3,(H2,16,17)/t9-,10?,14+/m1/s1. The molecule has 102 valence electrons. The number of benzene rings is 1. The quantitative estimate of drug-likeness (QED) is 0.860. The van der Waals surface area contributed by atoms with Gasteiger partial charge in [-0.3, -0.25) is 0 Å². The molecule has 0 aliphatic carbocycles. The van der Waals surface area contributed by atoms with Gasteiger partial charge in [-0.05, 0) is 12.5 Å². The van der Waals surface area contributed by atoms with E-state index in [1.165, 1.54) is 6.07 Å². The number of fused-ring (bicyclic) bond motifs is 1. The molecule has 3 rings (SSSR count). The van der Waals surface area contributed by atoms with Crippen molar-refractivity contribution in [1.82, 2.24) is 0 Å². The third-order valence-corrected chi connectivity index (χ3v) is 5.07. The Bertz CT molecular complexity index is 522. The van der Waals surface area contributed by atoms with Crippen LogP contribution in [0.15, 0.2) is 29.3 Å². The van der Waals surface area contributed by atoms with Crippen LogP contribution in [0.2, 0.25) is 0 Å². The second-order valence-electron chi connectivity index (χ2n) is 5.12. The molecule has 1 aromatic carbocycles. The van der Waals surface area contributed by atoms with Gasteiger partial charge in [-0.1, -0.05) is 36.9 Å². The zero-order valence-corrected chi connectivity index (χ0v) is 11.6. The Morgan fingerprint density at radius 3 is 3.05 bits per heavy atom. The Morgan fingerprint density at radius 2 is 2.26 bits per heavy atom. The van der Waals surface area contributed by atoms with Gasteiger partial charge < -0.3 is 10.5 Å². The van der Waals surface area contributed by atoms with Gasteiger partial charge in [0, 0.05) is 23.3 Å². The molecule has 1 saturated heterocycles. The molecule has 0 amide bonds. The third kappa shape index (κ3) is 2.05. The lowest BCUT2D eigenvalue weighted by atomic mass is 9.74. The second kappa shape index (κ2) is 4.80. The molecule has 1 fully saturated rings. The first-order chi connectivity index (χ1) is 9.13. The van der Waals surface area contributed by atoms with E-state index >= 15 is 0 Å². The number of hydrogen-bond acceptors (Lipinski definition) is 4. The smallest absolute Gasteiger partial charge is 0.155 e. The number of thioether (sulfide) groups is 1. The minimum absolute atomic E-state index is 0.228. The van der Waals surface area contributed by atoms with Crippen LogP contribution in [0.1, 0.15) is 18.9 Å². The lowest BCUT2D eigenvalue weighted by Crippen LogP contribution is -2.50. The molecule has 2 aliphatic rings. The van der Waals surface area contributed by atoms with Crippen molar-refractivity contribution >= 4 is 16.9 Å². The maximum Gasteiger partial charge on any atom is 0.155 e. The van der Waals surface area contributed by atoms with Crippen molar-refractivity contribution in [3.05, 3.63) is 35.6 Å². The third-order valence-electron chi connectivity index (χ3n) is 4.03. The van der Waals surface area contributed by atoms with Gasteiger partial charge in [0.1, 0.15) is 11.4 Å². The number of aliphatic imine (C=N–C) groups is 1. The molecule has 3 nitrogen and oxygen atoms in total. The first-order valence-corrected chi connectivity index (χ1v) is 7.36. The van der Waals surface area contributed by atoms with Gasteiger partial charge >= 0.3 is 0 Å². The summed E-state index contributed by atoms with van der Waals surface area (Å²) in [5, 5.41) is 0.846. The molecular formula is C14H17FN2OS. The van der Waals surface area contributed by atoms with Gasteiger partial charge in [0.05, 0.1) is 6.61 Å². The average Bonchev–Trinajstić information content (AvgIpc) is 2.38. The number of amidine groups is 1. The topological polar surface area (TPSA) is 47.6 Å². The fraction of sp³-hybridized carbons (Fsp3) is 0.500. The summed E-state index contributed by atoms with van der Waals surface area (Å²) in [4.78, 5) is 4.61. The normalized spacial score (nSPS) is 34.5. The van der Waals surface area contributed by atoms with Crippen molar-refractivity contribution < 1.29 is 9.13 Å². The molecule has 0 spiro atoms. The highest BCUT2D eigenvalue weighted by molar-refractivity contribution is 8.14. The van der Waals surface area contributed by atoms with Gasteiger partial charge in [-0.15, -0.1) is 0 Å². The maximum atomic E-state index is 14.2. The van der Waals surface area contributed by atoms with Crippen molar-refractivity contribution in [2.75, 3.05) is 13.2 Å². The van der Waals surface area contributed by atoms with Crippen LogP contribution in [0.5, 0.6) is 0 Å². The van der Waals surface area contributed by atoms with Crippen molar-refractivity contribution in [3.63, 3.8) is 0 Å². The van der Waals surface area contributed by atoms with Crippen molar-refractivity contribution in [3.8, 4) is 0 Å². The lowest BCUT2D eigenvalue weighted by Gasteiger charge is -2.46. The SMILES string of the molecule is C[C@H]1SC(N)=N[C@@]2(c3ccccc3F)COCCC12. The van der Waals surface area contributed by atoms with E-state index in [0.717, 1.165) is 6.42 Å². The Morgan fingerprint density at radius 1 is 1.47 bits per heavy atom. The van der Waals surface area contributed by atoms with Crippen LogP contribution in [0.4, 0.5) is 4.39 Å². The monoisotopic (exact) mass is 280 g/mol. The molecule has 1 unspecified atom stereocenters. The highest BCUT2D eigenvalue weighted by Gasteiger charge is 2.49. The van der Waals surface area contributed by atoms with E-state index in [4.69, 9.17) is 10.5 Å².